The molecule has 1 saturated heterocycles. The summed E-state index contributed by atoms with van der Waals surface area (Å²) >= 11 is 0. The van der Waals surface area contributed by atoms with E-state index in [-0.39, 0.29) is 17.6 Å². The molecule has 0 spiro atoms. The van der Waals surface area contributed by atoms with Gasteiger partial charge in [-0.3, -0.25) is 28.0 Å². The minimum atomic E-state index is -0.834. The number of nitrogens with one attached hydrogen (secondary N) is 1. The predicted molar refractivity (Wildman–Crippen MR) is 229 cm³/mol. The van der Waals surface area contributed by atoms with E-state index in [0.717, 1.165) is 23.7 Å². The van der Waals surface area contributed by atoms with Crippen LogP contribution in [0, 0.1) is 25.6 Å². The second-order valence-electron chi connectivity index (χ2n) is 17.4. The highest BCUT2D eigenvalue weighted by molar-refractivity contribution is 6.00. The molecule has 1 saturated carbocycles. The van der Waals surface area contributed by atoms with E-state index in [9.17, 15) is 14.4 Å². The quantitative estimate of drug-likeness (QED) is 0.199. The van der Waals surface area contributed by atoms with Gasteiger partial charge in [0.25, 0.3) is 5.91 Å². The Bertz CT molecular complexity index is 3350. The minimum Gasteiger partial charge on any atom is -0.408 e. The lowest BCUT2D eigenvalue weighted by molar-refractivity contribution is 0.0663. The summed E-state index contributed by atoms with van der Waals surface area (Å²) in [6.45, 7) is 9.08. The Labute approximate surface area is 357 Å². The molecule has 3 aliphatic rings. The second kappa shape index (κ2) is 14.0. The first kappa shape index (κ1) is 38.9. The average molecular weight is 854 g/mol. The molecule has 8 aromatic rings. The molecule has 7 heterocycles. The standard InChI is InChI=1S/C46H44FN9O7/c1-24-18-32(19-25(2)39(24)47)56-40(54-15-14-53(44(54)59)31-7-9-35-37(22-31)62-45(60)51(35)5)38-27(4)52(13-10-33(38)49-56)41(57)36-21-30-20-29(28-11-16-61-17-12-28)6-8-34(30)55(36)46(23-26(46)3)42-48-43(58)63-50-42/h6-9,14-15,18-22,26-28H,10-13,16-17,23H2,1-5H3,(H,48,50,58)/t26-,27-,46-/m0/s1. The largest absolute Gasteiger partial charge is 0.438 e. The van der Waals surface area contributed by atoms with Crippen LogP contribution in [0.1, 0.15) is 89.3 Å². The van der Waals surface area contributed by atoms with Crippen molar-refractivity contribution in [2.75, 3.05) is 19.8 Å². The number of imidazole rings is 1. The minimum absolute atomic E-state index is 0.0166. The molecule has 0 radical (unpaired) electrons. The number of halogens is 1. The highest BCUT2D eigenvalue weighted by Gasteiger charge is 2.59. The van der Waals surface area contributed by atoms with Gasteiger partial charge in [-0.2, -0.15) is 5.10 Å². The number of amides is 1. The monoisotopic (exact) mass is 853 g/mol. The fourth-order valence-electron chi connectivity index (χ4n) is 10.2. The van der Waals surface area contributed by atoms with Gasteiger partial charge in [0.15, 0.2) is 11.4 Å². The number of carbonyl (C=O) groups excluding carboxylic acids is 1. The maximum atomic E-state index is 15.5. The van der Waals surface area contributed by atoms with Crippen molar-refractivity contribution in [3.05, 3.63) is 144 Å². The predicted octanol–water partition coefficient (Wildman–Crippen LogP) is 6.08. The van der Waals surface area contributed by atoms with Crippen molar-refractivity contribution in [2.45, 2.75) is 70.9 Å². The van der Waals surface area contributed by atoms with Crippen molar-refractivity contribution in [2.24, 2.45) is 13.0 Å². The maximum absolute atomic E-state index is 15.5. The fraction of sp³-hybridized carbons (Fsp3) is 0.348. The van der Waals surface area contributed by atoms with Crippen molar-refractivity contribution in [3.8, 4) is 17.2 Å². The van der Waals surface area contributed by atoms with Gasteiger partial charge in [-0.25, -0.2) is 23.5 Å². The van der Waals surface area contributed by atoms with Gasteiger partial charge >= 0.3 is 17.2 Å². The first-order valence-electron chi connectivity index (χ1n) is 21.2. The maximum Gasteiger partial charge on any atom is 0.438 e. The molecule has 1 N–H and O–H groups in total. The summed E-state index contributed by atoms with van der Waals surface area (Å²) in [5.74, 6) is -0.642. The van der Waals surface area contributed by atoms with Crippen LogP contribution in [0.25, 0.3) is 39.2 Å². The number of hydrogen-bond donors (Lipinski definition) is 1. The number of nitrogens with zero attached hydrogens (tertiary/aromatic N) is 8. The van der Waals surface area contributed by atoms with Crippen LogP contribution in [0.3, 0.4) is 0 Å². The van der Waals surface area contributed by atoms with E-state index in [0.29, 0.717) is 101 Å². The molecule has 3 atom stereocenters. The van der Waals surface area contributed by atoms with Crippen molar-refractivity contribution in [1.82, 2.24) is 43.1 Å². The van der Waals surface area contributed by atoms with Crippen LogP contribution in [0.5, 0.6) is 0 Å². The second-order valence-corrected chi connectivity index (χ2v) is 17.4. The third-order valence-electron chi connectivity index (χ3n) is 13.7. The Morgan fingerprint density at radius 1 is 0.921 bits per heavy atom. The van der Waals surface area contributed by atoms with E-state index in [2.05, 4.69) is 35.3 Å². The van der Waals surface area contributed by atoms with Gasteiger partial charge in [0.05, 0.1) is 28.6 Å². The summed E-state index contributed by atoms with van der Waals surface area (Å²) in [4.78, 5) is 59.4. The molecule has 1 amide bonds. The zero-order chi connectivity index (χ0) is 43.6. The molecule has 0 bridgehead atoms. The van der Waals surface area contributed by atoms with Crippen molar-refractivity contribution in [1.29, 1.82) is 0 Å². The molecule has 11 rings (SSSR count). The van der Waals surface area contributed by atoms with E-state index in [1.807, 2.05) is 22.5 Å². The Hall–Kier alpha value is -7.01. The SMILES string of the molecule is Cc1cc(-n2nc3c(c2-n2ccn(-c4ccc5c(c4)oc(=O)n5C)c2=O)[C@H](C)N(C(=O)c2cc4cc(C5CCOCC5)ccc4n2[C@@]2(c4noc(=O)[nH]4)C[C@@H]2C)CC3)cc(C)c1F. The summed E-state index contributed by atoms with van der Waals surface area (Å²) in [7, 11) is 1.61. The number of aromatic amines is 1. The van der Waals surface area contributed by atoms with Gasteiger partial charge in [0, 0.05) is 68.2 Å². The molecule has 1 aliphatic carbocycles. The number of ether oxygens (including phenoxy) is 1. The highest BCUT2D eigenvalue weighted by atomic mass is 19.1. The number of aryl methyl sites for hydroxylation is 3. The lowest BCUT2D eigenvalue weighted by atomic mass is 9.91. The molecule has 0 unspecified atom stereocenters. The summed E-state index contributed by atoms with van der Waals surface area (Å²) in [5, 5.41) is 10.1. The molecule has 2 aliphatic heterocycles. The lowest BCUT2D eigenvalue weighted by Gasteiger charge is -2.34. The zero-order valence-corrected chi connectivity index (χ0v) is 35.3. The molecule has 2 fully saturated rings. The fourth-order valence-corrected chi connectivity index (χ4v) is 10.2. The van der Waals surface area contributed by atoms with E-state index in [1.54, 1.807) is 68.3 Å². The summed E-state index contributed by atoms with van der Waals surface area (Å²) in [6, 6.07) is 16.2. The summed E-state index contributed by atoms with van der Waals surface area (Å²) in [5.41, 5.74) is 5.32. The molecule has 5 aromatic heterocycles. The van der Waals surface area contributed by atoms with E-state index < -0.39 is 28.8 Å². The average Bonchev–Trinajstić information content (AvgIpc) is 3.87. The summed E-state index contributed by atoms with van der Waals surface area (Å²) < 4.78 is 39.2. The van der Waals surface area contributed by atoms with E-state index in [1.165, 1.54) is 19.3 Å². The number of rotatable bonds is 7. The number of fused-ring (bicyclic) bond motifs is 3. The van der Waals surface area contributed by atoms with Crippen LogP contribution in [0.4, 0.5) is 4.39 Å². The van der Waals surface area contributed by atoms with Gasteiger partial charge < -0.3 is 18.6 Å². The van der Waals surface area contributed by atoms with Crippen LogP contribution in [0.15, 0.2) is 90.3 Å². The Balaban J connectivity index is 1.06. The van der Waals surface area contributed by atoms with Crippen LogP contribution >= 0.6 is 0 Å². The van der Waals surface area contributed by atoms with Crippen molar-refractivity contribution in [3.63, 3.8) is 0 Å². The Kier molecular flexibility index (Phi) is 8.64. The third-order valence-corrected chi connectivity index (χ3v) is 13.7. The van der Waals surface area contributed by atoms with Gasteiger partial charge in [0.2, 0.25) is 0 Å². The van der Waals surface area contributed by atoms with Gasteiger partial charge in [0.1, 0.15) is 22.9 Å². The number of oxazole rings is 1. The molecule has 63 heavy (non-hydrogen) atoms. The Morgan fingerprint density at radius 2 is 1.65 bits per heavy atom. The summed E-state index contributed by atoms with van der Waals surface area (Å²) in [6.07, 6.45) is 6.08. The van der Waals surface area contributed by atoms with Gasteiger partial charge in [-0.05, 0) is 111 Å². The third kappa shape index (κ3) is 5.81. The number of hydrogen-bond acceptors (Lipinski definition) is 9. The van der Waals surface area contributed by atoms with Crippen LogP contribution in [-0.4, -0.2) is 68.8 Å². The molecule has 322 valence electrons. The lowest BCUT2D eigenvalue weighted by Crippen LogP contribution is -2.41. The Morgan fingerprint density at radius 3 is 2.37 bits per heavy atom. The number of H-pyrrole nitrogens is 1. The highest BCUT2D eigenvalue weighted by Crippen LogP contribution is 2.56. The topological polar surface area (TPSA) is 173 Å². The smallest absolute Gasteiger partial charge is 0.408 e. The molecular weight excluding hydrogens is 810 g/mol. The zero-order valence-electron chi connectivity index (χ0n) is 35.3. The van der Waals surface area contributed by atoms with Crippen LogP contribution in [0.2, 0.25) is 0 Å². The van der Waals surface area contributed by atoms with Crippen LogP contribution < -0.4 is 17.2 Å². The number of carbonyl (C=O) groups is 1. The van der Waals surface area contributed by atoms with Gasteiger partial charge in [-0.15, -0.1) is 0 Å². The first-order valence-corrected chi connectivity index (χ1v) is 21.2. The van der Waals surface area contributed by atoms with Crippen molar-refractivity contribution < 1.29 is 22.9 Å². The number of aromatic nitrogens is 8. The number of benzene rings is 3. The van der Waals surface area contributed by atoms with Gasteiger partial charge in [-0.1, -0.05) is 18.1 Å². The normalized spacial score (nSPS) is 20.3. The molecule has 16 nitrogen and oxygen atoms in total. The molecule has 3 aromatic carbocycles. The van der Waals surface area contributed by atoms with Crippen molar-refractivity contribution >= 4 is 27.9 Å². The van der Waals surface area contributed by atoms with E-state index >= 15 is 9.18 Å². The molecule has 17 heteroatoms. The van der Waals surface area contributed by atoms with E-state index in [4.69, 9.17) is 18.8 Å². The first-order chi connectivity index (χ1) is 30.3. The molecular formula is C46H44FN9O7. The van der Waals surface area contributed by atoms with Crippen LogP contribution in [-0.2, 0) is 23.7 Å².